The molecule has 1 nitrogen and oxygen atoms in total. The first-order valence-electron chi connectivity index (χ1n) is 8.36. The van der Waals surface area contributed by atoms with Crippen LogP contribution in [0.1, 0.15) is 77.6 Å². The van der Waals surface area contributed by atoms with Crippen LogP contribution in [0.4, 0.5) is 0 Å². The van der Waals surface area contributed by atoms with Crippen molar-refractivity contribution >= 4 is 0 Å². The first-order chi connectivity index (χ1) is 8.83. The van der Waals surface area contributed by atoms with Crippen molar-refractivity contribution in [2.24, 2.45) is 11.8 Å². The van der Waals surface area contributed by atoms with E-state index < -0.39 is 0 Å². The van der Waals surface area contributed by atoms with Gasteiger partial charge in [0.2, 0.25) is 0 Å². The molecule has 18 heavy (non-hydrogen) atoms. The van der Waals surface area contributed by atoms with E-state index in [4.69, 9.17) is 0 Å². The van der Waals surface area contributed by atoms with Gasteiger partial charge in [-0.3, -0.25) is 0 Å². The van der Waals surface area contributed by atoms with Crippen molar-refractivity contribution < 1.29 is 0 Å². The van der Waals surface area contributed by atoms with Crippen LogP contribution >= 0.6 is 0 Å². The van der Waals surface area contributed by atoms with E-state index in [1.807, 2.05) is 0 Å². The molecule has 1 heteroatoms. The Hall–Kier alpha value is -0.0400. The second-order valence-corrected chi connectivity index (χ2v) is 6.21. The fourth-order valence-corrected chi connectivity index (χ4v) is 3.10. The van der Waals surface area contributed by atoms with Gasteiger partial charge in [0.05, 0.1) is 0 Å². The van der Waals surface area contributed by atoms with E-state index in [0.717, 1.165) is 11.8 Å². The minimum Gasteiger partial charge on any atom is -0.317 e. The van der Waals surface area contributed by atoms with Crippen LogP contribution in [0.3, 0.4) is 0 Å². The van der Waals surface area contributed by atoms with Gasteiger partial charge in [-0.25, -0.2) is 0 Å². The molecule has 1 radical (unpaired) electrons. The lowest BCUT2D eigenvalue weighted by Crippen LogP contribution is -2.16. The molecule has 0 heterocycles. The summed E-state index contributed by atoms with van der Waals surface area (Å²) >= 11 is 0. The average molecular weight is 252 g/mol. The zero-order valence-corrected chi connectivity index (χ0v) is 12.6. The Bertz CT molecular complexity index is 178. The lowest BCUT2D eigenvalue weighted by molar-refractivity contribution is 0.454. The molecule has 0 aromatic rings. The maximum absolute atomic E-state index is 4.18. The fraction of sp³-hybridized carbons (Fsp3) is 0.941. The van der Waals surface area contributed by atoms with E-state index in [0.29, 0.717) is 0 Å². The first-order valence-corrected chi connectivity index (χ1v) is 8.36. The molecule has 1 aliphatic rings. The van der Waals surface area contributed by atoms with Gasteiger partial charge in [0.15, 0.2) is 0 Å². The SMILES string of the molecule is [CH2]C1CCC(CCCCCNCCCCCC)C1. The van der Waals surface area contributed by atoms with Crippen LogP contribution in [0.2, 0.25) is 0 Å². The van der Waals surface area contributed by atoms with Gasteiger partial charge in [-0.2, -0.15) is 0 Å². The normalized spacial score (nSPS) is 23.7. The number of hydrogen-bond donors (Lipinski definition) is 1. The van der Waals surface area contributed by atoms with E-state index >= 15 is 0 Å². The molecule has 0 aliphatic heterocycles. The van der Waals surface area contributed by atoms with Crippen molar-refractivity contribution in [3.05, 3.63) is 6.92 Å². The number of hydrogen-bond acceptors (Lipinski definition) is 1. The van der Waals surface area contributed by atoms with E-state index in [1.54, 1.807) is 0 Å². The van der Waals surface area contributed by atoms with Crippen LogP contribution in [0, 0.1) is 18.8 Å². The van der Waals surface area contributed by atoms with Crippen molar-refractivity contribution in [2.75, 3.05) is 13.1 Å². The summed E-state index contributed by atoms with van der Waals surface area (Å²) in [6.07, 6.45) is 15.4. The summed E-state index contributed by atoms with van der Waals surface area (Å²) in [5.41, 5.74) is 0. The minimum absolute atomic E-state index is 0.764. The zero-order chi connectivity index (χ0) is 13.1. The highest BCUT2D eigenvalue weighted by Gasteiger charge is 2.20. The molecule has 1 saturated carbocycles. The number of unbranched alkanes of at least 4 members (excludes halogenated alkanes) is 5. The molecule has 0 saturated heterocycles. The van der Waals surface area contributed by atoms with Crippen molar-refractivity contribution in [2.45, 2.75) is 77.6 Å². The molecule has 0 aromatic carbocycles. The quantitative estimate of drug-likeness (QED) is 0.512. The third kappa shape index (κ3) is 8.13. The lowest BCUT2D eigenvalue weighted by Gasteiger charge is -2.09. The van der Waals surface area contributed by atoms with Crippen LogP contribution < -0.4 is 5.32 Å². The molecule has 0 spiro atoms. The molecule has 2 atom stereocenters. The lowest BCUT2D eigenvalue weighted by atomic mass is 9.99. The zero-order valence-electron chi connectivity index (χ0n) is 12.6. The second kappa shape index (κ2) is 10.8. The minimum atomic E-state index is 0.764. The first kappa shape index (κ1) is 16.0. The van der Waals surface area contributed by atoms with Crippen LogP contribution in [-0.4, -0.2) is 13.1 Å². The summed E-state index contributed by atoms with van der Waals surface area (Å²) in [5, 5.41) is 3.57. The third-order valence-corrected chi connectivity index (χ3v) is 4.32. The van der Waals surface area contributed by atoms with Crippen LogP contribution in [-0.2, 0) is 0 Å². The second-order valence-electron chi connectivity index (χ2n) is 6.21. The highest BCUT2D eigenvalue weighted by molar-refractivity contribution is 4.76. The Kier molecular flexibility index (Phi) is 9.65. The van der Waals surface area contributed by atoms with Gasteiger partial charge in [0.1, 0.15) is 0 Å². The summed E-state index contributed by atoms with van der Waals surface area (Å²) in [7, 11) is 0. The highest BCUT2D eigenvalue weighted by atomic mass is 14.8. The molecule has 1 aliphatic carbocycles. The predicted octanol–water partition coefficient (Wildman–Crippen LogP) is 4.97. The number of rotatable bonds is 11. The molecule has 1 rings (SSSR count). The van der Waals surface area contributed by atoms with Crippen molar-refractivity contribution in [1.82, 2.24) is 5.32 Å². The molecular weight excluding hydrogens is 218 g/mol. The van der Waals surface area contributed by atoms with Gasteiger partial charge in [-0.1, -0.05) is 65.2 Å². The largest absolute Gasteiger partial charge is 0.317 e. The fourth-order valence-electron chi connectivity index (χ4n) is 3.10. The molecule has 0 bridgehead atoms. The van der Waals surface area contributed by atoms with Gasteiger partial charge < -0.3 is 5.32 Å². The van der Waals surface area contributed by atoms with E-state index in [9.17, 15) is 0 Å². The summed E-state index contributed by atoms with van der Waals surface area (Å²) in [6.45, 7) is 8.91. The van der Waals surface area contributed by atoms with Gasteiger partial charge in [0.25, 0.3) is 0 Å². The summed E-state index contributed by atoms with van der Waals surface area (Å²) < 4.78 is 0. The molecule has 1 fully saturated rings. The van der Waals surface area contributed by atoms with Crippen LogP contribution in [0.25, 0.3) is 0 Å². The molecule has 0 amide bonds. The highest BCUT2D eigenvalue weighted by Crippen LogP contribution is 2.33. The number of nitrogens with one attached hydrogen (secondary N) is 1. The third-order valence-electron chi connectivity index (χ3n) is 4.32. The van der Waals surface area contributed by atoms with E-state index in [-0.39, 0.29) is 0 Å². The van der Waals surface area contributed by atoms with Crippen molar-refractivity contribution in [3.8, 4) is 0 Å². The Balaban J connectivity index is 1.73. The average Bonchev–Trinajstić information content (AvgIpc) is 2.77. The Labute approximate surface area is 115 Å². The maximum Gasteiger partial charge on any atom is -0.00489 e. The van der Waals surface area contributed by atoms with Crippen LogP contribution in [0.15, 0.2) is 0 Å². The Morgan fingerprint density at radius 3 is 2.28 bits per heavy atom. The maximum atomic E-state index is 4.18. The Morgan fingerprint density at radius 2 is 1.67 bits per heavy atom. The topological polar surface area (TPSA) is 12.0 Å². The molecule has 107 valence electrons. The Morgan fingerprint density at radius 1 is 0.944 bits per heavy atom. The van der Waals surface area contributed by atoms with Crippen molar-refractivity contribution in [1.29, 1.82) is 0 Å². The summed E-state index contributed by atoms with van der Waals surface area (Å²) in [5.74, 6) is 1.77. The standard InChI is InChI=1S/C17H34N/c1-3-4-5-8-13-18-14-9-6-7-10-17-12-11-16(2)15-17/h16-18H,2-15H2,1H3. The molecule has 1 N–H and O–H groups in total. The van der Waals surface area contributed by atoms with Gasteiger partial charge in [-0.05, 0) is 44.2 Å². The predicted molar refractivity (Wildman–Crippen MR) is 81.7 cm³/mol. The van der Waals surface area contributed by atoms with Crippen molar-refractivity contribution in [3.63, 3.8) is 0 Å². The summed E-state index contributed by atoms with van der Waals surface area (Å²) in [6, 6.07) is 0. The monoisotopic (exact) mass is 252 g/mol. The smallest absolute Gasteiger partial charge is 0.00489 e. The molecule has 2 unspecified atom stereocenters. The van der Waals surface area contributed by atoms with Gasteiger partial charge in [0, 0.05) is 0 Å². The summed E-state index contributed by atoms with van der Waals surface area (Å²) in [4.78, 5) is 0. The van der Waals surface area contributed by atoms with E-state index in [1.165, 1.54) is 83.7 Å². The van der Waals surface area contributed by atoms with Gasteiger partial charge in [-0.15, -0.1) is 0 Å². The van der Waals surface area contributed by atoms with Crippen LogP contribution in [0.5, 0.6) is 0 Å². The van der Waals surface area contributed by atoms with Gasteiger partial charge >= 0.3 is 0 Å². The molecule has 0 aromatic heterocycles. The molecular formula is C17H34N. The van der Waals surface area contributed by atoms with E-state index in [2.05, 4.69) is 19.2 Å².